The molecule has 2 aliphatic heterocycles. The highest BCUT2D eigenvalue weighted by Gasteiger charge is 2.43. The Morgan fingerprint density at radius 2 is 0.974 bits per heavy atom. The number of rotatable bonds is 45. The van der Waals surface area contributed by atoms with Gasteiger partial charge in [-0.3, -0.25) is 67.3 Å². The van der Waals surface area contributed by atoms with Crippen molar-refractivity contribution in [1.82, 2.24) is 67.6 Å². The van der Waals surface area contributed by atoms with Crippen molar-refractivity contribution in [3.05, 3.63) is 108 Å². The summed E-state index contributed by atoms with van der Waals surface area (Å²) in [7, 11) is 0. The molecule has 35 nitrogen and oxygen atoms in total. The molecule has 13 atom stereocenters. The monoisotopic (exact) mass is 1580 g/mol. The van der Waals surface area contributed by atoms with Crippen molar-refractivity contribution in [1.29, 1.82) is 0 Å². The van der Waals surface area contributed by atoms with Crippen LogP contribution in [0.4, 0.5) is 0 Å². The molecule has 3 aromatic carbocycles. The fraction of sp³-hybridized carbons (Fsp3) is 0.532. The molecule has 7 rings (SSSR count). The molecule has 0 saturated carbocycles. The quantitative estimate of drug-likeness (QED) is 0.0140. The highest BCUT2D eigenvalue weighted by Crippen LogP contribution is 2.26. The van der Waals surface area contributed by atoms with Crippen molar-refractivity contribution in [2.24, 2.45) is 51.4 Å². The summed E-state index contributed by atoms with van der Waals surface area (Å²) >= 11 is 0. The molecule has 2 saturated heterocycles. The number of carboxylic acid groups (broad SMARTS) is 2. The minimum absolute atomic E-state index is 0.0133. The minimum atomic E-state index is -2.02. The number of para-hydroxylation sites is 2. The van der Waals surface area contributed by atoms with Gasteiger partial charge in [0.25, 0.3) is 0 Å². The summed E-state index contributed by atoms with van der Waals surface area (Å²) in [5.74, 6) is -14.5. The summed E-state index contributed by atoms with van der Waals surface area (Å²) < 4.78 is 0. The van der Waals surface area contributed by atoms with E-state index in [1.807, 2.05) is 27.7 Å². The molecule has 2 aromatic heterocycles. The van der Waals surface area contributed by atoms with E-state index >= 15 is 24.0 Å². The van der Waals surface area contributed by atoms with Crippen LogP contribution in [0.3, 0.4) is 0 Å². The number of fused-ring (bicyclic) bond motifs is 2. The van der Waals surface area contributed by atoms with E-state index in [-0.39, 0.29) is 115 Å². The maximum Gasteiger partial charge on any atom is 0.326 e. The molecule has 23 N–H and O–H groups in total. The minimum Gasteiger partial charge on any atom is -0.481 e. The van der Waals surface area contributed by atoms with Crippen LogP contribution in [0.2, 0.25) is 0 Å². The zero-order valence-electron chi connectivity index (χ0n) is 65.5. The van der Waals surface area contributed by atoms with Gasteiger partial charge in [-0.1, -0.05) is 115 Å². The molecule has 114 heavy (non-hydrogen) atoms. The average Bonchev–Trinajstić information content (AvgIpc) is 1.48. The Labute approximate surface area is 661 Å². The van der Waals surface area contributed by atoms with Gasteiger partial charge >= 0.3 is 11.9 Å². The Balaban J connectivity index is 1.18. The molecule has 2 aliphatic rings. The highest BCUT2D eigenvalue weighted by molar-refractivity contribution is 6.01. The molecule has 4 heterocycles. The molecule has 0 radical (unpaired) electrons. The molecule has 35 heteroatoms. The van der Waals surface area contributed by atoms with E-state index in [9.17, 15) is 53.4 Å². The molecule has 0 spiro atoms. The van der Waals surface area contributed by atoms with Crippen molar-refractivity contribution < 1.29 is 77.3 Å². The number of carboxylic acids is 2. The summed E-state index contributed by atoms with van der Waals surface area (Å²) in [6.07, 6.45) is 3.15. The second-order valence-electron chi connectivity index (χ2n) is 30.1. The maximum atomic E-state index is 15.3. The van der Waals surface area contributed by atoms with Gasteiger partial charge < -0.3 is 107 Å². The summed E-state index contributed by atoms with van der Waals surface area (Å²) in [5.41, 5.74) is 31.9. The van der Waals surface area contributed by atoms with Crippen molar-refractivity contribution in [2.45, 2.75) is 223 Å². The SMILES string of the molecule is CCC(C)[C@H](N)C(=O)N1CCC[C@H]1C(=O)N[C@@H](CCC(N)=O)C(=O)N[C@H](C(=O)N[C@@H](Cc1c[nH]c2ccccc12)C(=O)N[C@@H](CCCN=C(N)N)C(=O)N[C@@H](CC(=O)O)C(=O)N[C@@H](Cc1c[nH]c2ccccc12)C(=O)N[C@@H](Cc1ccccc1)C(=O)N[C@@H](CCCCN)C(=O)N[C@@H](CC(C)C)C(=O)N1CCC[C@H]1C(=O)O)C(C)C. The first-order valence-electron chi connectivity index (χ1n) is 39.0. The Kier molecular flexibility index (Phi) is 34.2. The molecule has 620 valence electrons. The van der Waals surface area contributed by atoms with Gasteiger partial charge in [-0.15, -0.1) is 0 Å². The molecule has 1 unspecified atom stereocenters. The third kappa shape index (κ3) is 26.0. The first-order chi connectivity index (χ1) is 54.3. The van der Waals surface area contributed by atoms with Gasteiger partial charge in [0.2, 0.25) is 70.9 Å². The largest absolute Gasteiger partial charge is 0.481 e. The number of unbranched alkanes of at least 4 members (excludes halogenated alkanes) is 1. The van der Waals surface area contributed by atoms with Crippen molar-refractivity contribution in [3.63, 3.8) is 0 Å². The lowest BCUT2D eigenvalue weighted by atomic mass is 9.98. The van der Waals surface area contributed by atoms with Gasteiger partial charge in [-0.25, -0.2) is 4.79 Å². The fourth-order valence-corrected chi connectivity index (χ4v) is 14.1. The van der Waals surface area contributed by atoms with E-state index < -0.39 is 168 Å². The fourth-order valence-electron chi connectivity index (χ4n) is 14.1. The van der Waals surface area contributed by atoms with Gasteiger partial charge in [-0.05, 0) is 124 Å². The molecular weight excluding hydrogens is 1470 g/mol. The second kappa shape index (κ2) is 43.5. The number of hydrogen-bond acceptors (Lipinski definition) is 17. The number of guanidine groups is 1. The van der Waals surface area contributed by atoms with Crippen LogP contribution >= 0.6 is 0 Å². The molecule has 0 bridgehead atoms. The van der Waals surface area contributed by atoms with Crippen LogP contribution in [-0.2, 0) is 86.4 Å². The first kappa shape index (κ1) is 89.7. The van der Waals surface area contributed by atoms with Crippen molar-refractivity contribution >= 4 is 111 Å². The van der Waals surface area contributed by atoms with E-state index in [0.717, 1.165) is 0 Å². The zero-order chi connectivity index (χ0) is 83.5. The van der Waals surface area contributed by atoms with Gasteiger partial charge in [0.1, 0.15) is 66.5 Å². The third-order valence-electron chi connectivity index (χ3n) is 20.6. The standard InChI is InChI=1S/C79H113N19O16/c1-7-45(6)65(82)77(112)97-34-18-28-61(97)74(109)90-55(30-31-63(81)99)69(104)96-66(44(4)5)75(110)94-58(39-48-42-87-52-25-14-12-23-50(48)52)71(106)89-54(27-17-33-85-79(83)84)67(102)93-59(40-64(100)101)73(108)92-57(38-47-41-86-51-24-13-11-22-49(47)51)72(107)91-56(37-46-20-9-8-10-21-46)70(105)88-53(26-15-16-32-80)68(103)95-60(36-43(2)3)76(111)98-35-19-29-62(98)78(113)114/h8-14,20-25,41-45,53-62,65-66,86-87H,7,15-19,26-40,80,82H2,1-6H3,(H2,81,99)(H,88,105)(H,89,106)(H,90,109)(H,91,107)(H,92,108)(H,93,102)(H,94,110)(H,95,103)(H,96,104)(H,100,101)(H,113,114)(H4,83,84,85)/t45?,53-,54-,55-,56-,57-,58-,59-,60-,61-,62-,65-,66-/m0/s1. The summed E-state index contributed by atoms with van der Waals surface area (Å²) in [4.78, 5) is 212. The van der Waals surface area contributed by atoms with E-state index in [2.05, 4.69) is 62.8 Å². The van der Waals surface area contributed by atoms with Gasteiger partial charge in [-0.2, -0.15) is 0 Å². The Bertz CT molecular complexity index is 4220. The van der Waals surface area contributed by atoms with E-state index in [1.165, 1.54) is 9.80 Å². The number of nitrogens with zero attached hydrogens (tertiary/aromatic N) is 3. The number of aliphatic carboxylic acids is 2. The number of likely N-dealkylation sites (tertiary alicyclic amines) is 2. The number of carbonyl (C=O) groups excluding carboxylic acids is 12. The molecule has 2 fully saturated rings. The van der Waals surface area contributed by atoms with Crippen LogP contribution in [0, 0.1) is 17.8 Å². The molecule has 0 aliphatic carbocycles. The maximum absolute atomic E-state index is 15.3. The van der Waals surface area contributed by atoms with E-state index in [4.69, 9.17) is 28.7 Å². The first-order valence-corrected chi connectivity index (χ1v) is 39.0. The van der Waals surface area contributed by atoms with Gasteiger partial charge in [0.15, 0.2) is 5.96 Å². The predicted octanol–water partition coefficient (Wildman–Crippen LogP) is 0.105. The smallest absolute Gasteiger partial charge is 0.326 e. The number of hydrogen-bond donors (Lipinski definition) is 18. The summed E-state index contributed by atoms with van der Waals surface area (Å²) in [6, 6.07) is 5.62. The number of benzene rings is 3. The van der Waals surface area contributed by atoms with Crippen LogP contribution in [-0.4, -0.2) is 217 Å². The number of H-pyrrole nitrogens is 2. The Morgan fingerprint density at radius 3 is 1.48 bits per heavy atom. The number of aromatic nitrogens is 2. The lowest BCUT2D eigenvalue weighted by molar-refractivity contribution is -0.149. The molecular formula is C79H113N19O16. The normalized spacial score (nSPS) is 17.0. The summed E-state index contributed by atoms with van der Waals surface area (Å²) in [6.45, 7) is 11.1. The van der Waals surface area contributed by atoms with Crippen LogP contribution in [0.1, 0.15) is 148 Å². The lowest BCUT2D eigenvalue weighted by Gasteiger charge is -2.31. The van der Waals surface area contributed by atoms with Crippen LogP contribution in [0.5, 0.6) is 0 Å². The number of aromatic amines is 2. The molecule has 5 aromatic rings. The average molecular weight is 1580 g/mol. The number of carbonyl (C=O) groups is 14. The number of nitrogens with one attached hydrogen (secondary N) is 11. The number of nitrogens with two attached hydrogens (primary N) is 5. The van der Waals surface area contributed by atoms with E-state index in [1.54, 1.807) is 105 Å². The number of primary amides is 1. The van der Waals surface area contributed by atoms with Gasteiger partial charge in [0, 0.05) is 79.5 Å². The summed E-state index contributed by atoms with van der Waals surface area (Å²) in [5, 5.41) is 45.9. The van der Waals surface area contributed by atoms with Crippen molar-refractivity contribution in [3.8, 4) is 0 Å². The Morgan fingerprint density at radius 1 is 0.518 bits per heavy atom. The highest BCUT2D eigenvalue weighted by atomic mass is 16.4. The van der Waals surface area contributed by atoms with Crippen molar-refractivity contribution in [2.75, 3.05) is 26.2 Å². The van der Waals surface area contributed by atoms with Crippen LogP contribution in [0.25, 0.3) is 21.8 Å². The van der Waals surface area contributed by atoms with Crippen LogP contribution < -0.4 is 76.5 Å². The topological polar surface area (TPSA) is 568 Å². The van der Waals surface area contributed by atoms with E-state index in [0.29, 0.717) is 70.6 Å². The Hall–Kier alpha value is -11.5. The zero-order valence-corrected chi connectivity index (χ0v) is 65.5. The number of amides is 12. The lowest BCUT2D eigenvalue weighted by Crippen LogP contribution is -2.62. The second-order valence-corrected chi connectivity index (χ2v) is 30.1. The molecule has 12 amide bonds. The number of aliphatic imine (C=N–C) groups is 1. The predicted molar refractivity (Wildman–Crippen MR) is 424 cm³/mol. The third-order valence-corrected chi connectivity index (χ3v) is 20.6. The van der Waals surface area contributed by atoms with Gasteiger partial charge in [0.05, 0.1) is 12.5 Å². The van der Waals surface area contributed by atoms with Crippen LogP contribution in [0.15, 0.2) is 96.2 Å².